The van der Waals surface area contributed by atoms with Crippen LogP contribution in [0.4, 0.5) is 4.79 Å². The molecule has 0 saturated carbocycles. The number of aliphatic imine (C=N–C) groups is 1. The lowest BCUT2D eigenvalue weighted by molar-refractivity contribution is -0.142. The number of oxime groups is 1. The number of nitrogens with one attached hydrogen (secondary N) is 2. The van der Waals surface area contributed by atoms with Crippen molar-refractivity contribution < 1.29 is 37.1 Å². The smallest absolute Gasteiger partial charge is 0.436 e. The van der Waals surface area contributed by atoms with Gasteiger partial charge < -0.3 is 25.4 Å². The standard InChI is InChI=1S/C30H34N6O8S/c1-30(2,3)43-29(39)34-27(31)20-12-10-18(11-13-20)22-15-21(44-35-22)16-25(37)33-17-23(28(38)42-4)36-45(40,41)24-9-5-7-19-8-6-14-32-26(19)24/h5-14,21,23,36H,15-17H2,1-4H3,(H,33,37)(H2,31,34,39)/t21?,23-/m0/s1. The predicted molar refractivity (Wildman–Crippen MR) is 165 cm³/mol. The number of pyridine rings is 1. The van der Waals surface area contributed by atoms with Crippen LogP contribution in [-0.2, 0) is 33.9 Å². The third-order valence-corrected chi connectivity index (χ3v) is 7.94. The summed E-state index contributed by atoms with van der Waals surface area (Å²) in [4.78, 5) is 50.3. The van der Waals surface area contributed by atoms with E-state index >= 15 is 0 Å². The minimum Gasteiger partial charge on any atom is -0.468 e. The van der Waals surface area contributed by atoms with Crippen molar-refractivity contribution in [1.82, 2.24) is 15.0 Å². The first-order valence-electron chi connectivity index (χ1n) is 13.9. The van der Waals surface area contributed by atoms with Crippen LogP contribution in [0.3, 0.4) is 0 Å². The Kier molecular flexibility index (Phi) is 10.1. The van der Waals surface area contributed by atoms with E-state index in [2.05, 4.69) is 25.2 Å². The number of para-hydroxylation sites is 1. The summed E-state index contributed by atoms with van der Waals surface area (Å²) in [5, 5.41) is 7.24. The Morgan fingerprint density at radius 3 is 2.51 bits per heavy atom. The van der Waals surface area contributed by atoms with Gasteiger partial charge in [-0.05, 0) is 38.5 Å². The number of amidine groups is 1. The monoisotopic (exact) mass is 638 g/mol. The van der Waals surface area contributed by atoms with E-state index in [1.165, 1.54) is 12.3 Å². The average molecular weight is 639 g/mol. The fourth-order valence-electron chi connectivity index (χ4n) is 4.34. The highest BCUT2D eigenvalue weighted by molar-refractivity contribution is 7.89. The van der Waals surface area contributed by atoms with Crippen molar-refractivity contribution in [2.45, 2.75) is 56.3 Å². The summed E-state index contributed by atoms with van der Waals surface area (Å²) in [7, 11) is -3.10. The van der Waals surface area contributed by atoms with Crippen molar-refractivity contribution in [2.75, 3.05) is 13.7 Å². The Labute approximate surface area is 260 Å². The number of hydrogen-bond donors (Lipinski definition) is 3. The van der Waals surface area contributed by atoms with Crippen LogP contribution >= 0.6 is 0 Å². The topological polar surface area (TPSA) is 201 Å². The summed E-state index contributed by atoms with van der Waals surface area (Å²) in [6, 6.07) is 13.5. The Morgan fingerprint density at radius 2 is 1.82 bits per heavy atom. The number of carbonyl (C=O) groups excluding carboxylic acids is 3. The summed E-state index contributed by atoms with van der Waals surface area (Å²) in [5.41, 5.74) is 7.29. The van der Waals surface area contributed by atoms with Gasteiger partial charge in [0.2, 0.25) is 15.9 Å². The van der Waals surface area contributed by atoms with Crippen LogP contribution in [0.5, 0.6) is 0 Å². The molecule has 0 saturated heterocycles. The number of nitrogens with two attached hydrogens (primary N) is 1. The molecule has 2 atom stereocenters. The second-order valence-electron chi connectivity index (χ2n) is 11.1. The number of nitrogens with zero attached hydrogens (tertiary/aromatic N) is 3. The molecule has 238 valence electrons. The highest BCUT2D eigenvalue weighted by Crippen LogP contribution is 2.22. The van der Waals surface area contributed by atoms with E-state index in [1.54, 1.807) is 69.3 Å². The highest BCUT2D eigenvalue weighted by Gasteiger charge is 2.30. The Bertz CT molecular complexity index is 1740. The first kappa shape index (κ1) is 33.0. The first-order chi connectivity index (χ1) is 21.3. The molecular formula is C30H34N6O8S. The molecule has 4 rings (SSSR count). The minimum atomic E-state index is -4.22. The van der Waals surface area contributed by atoms with E-state index in [0.29, 0.717) is 23.1 Å². The molecule has 1 aliphatic heterocycles. The van der Waals surface area contributed by atoms with Crippen molar-refractivity contribution in [3.05, 3.63) is 71.9 Å². The molecule has 15 heteroatoms. The molecule has 0 spiro atoms. The van der Waals surface area contributed by atoms with Crippen molar-refractivity contribution >= 4 is 50.4 Å². The van der Waals surface area contributed by atoms with Crippen LogP contribution in [-0.4, -0.2) is 74.3 Å². The maximum atomic E-state index is 13.2. The molecule has 0 aliphatic carbocycles. The molecule has 2 amide bonds. The third kappa shape index (κ3) is 8.83. The van der Waals surface area contributed by atoms with Gasteiger partial charge in [0.15, 0.2) is 0 Å². The Hall–Kier alpha value is -4.89. The maximum absolute atomic E-state index is 13.2. The first-order valence-corrected chi connectivity index (χ1v) is 15.4. The number of rotatable bonds is 10. The van der Waals surface area contributed by atoms with E-state index in [9.17, 15) is 22.8 Å². The highest BCUT2D eigenvalue weighted by atomic mass is 32.2. The summed E-state index contributed by atoms with van der Waals surface area (Å²) in [6.45, 7) is 4.81. The molecule has 4 N–H and O–H groups in total. The van der Waals surface area contributed by atoms with Crippen LogP contribution in [0.2, 0.25) is 0 Å². The van der Waals surface area contributed by atoms with Crippen molar-refractivity contribution in [2.24, 2.45) is 15.9 Å². The van der Waals surface area contributed by atoms with Crippen LogP contribution in [0, 0.1) is 0 Å². The largest absolute Gasteiger partial charge is 0.468 e. The normalized spacial score (nSPS) is 16.0. The number of esters is 1. The molecule has 0 radical (unpaired) electrons. The lowest BCUT2D eigenvalue weighted by atomic mass is 10.0. The summed E-state index contributed by atoms with van der Waals surface area (Å²) < 4.78 is 38.6. The third-order valence-electron chi connectivity index (χ3n) is 6.44. The molecule has 2 heterocycles. The second-order valence-corrected chi connectivity index (χ2v) is 12.7. The number of ether oxygens (including phenoxy) is 2. The second kappa shape index (κ2) is 13.8. The van der Waals surface area contributed by atoms with E-state index in [-0.39, 0.29) is 29.2 Å². The van der Waals surface area contributed by atoms with Gasteiger partial charge in [-0.1, -0.05) is 47.6 Å². The van der Waals surface area contributed by atoms with Crippen molar-refractivity contribution in [1.29, 1.82) is 0 Å². The zero-order chi connectivity index (χ0) is 32.8. The minimum absolute atomic E-state index is 0.00343. The summed E-state index contributed by atoms with van der Waals surface area (Å²) in [5.74, 6) is -1.37. The molecule has 0 fully saturated rings. The van der Waals surface area contributed by atoms with E-state index in [4.69, 9.17) is 20.0 Å². The van der Waals surface area contributed by atoms with Gasteiger partial charge in [0.05, 0.1) is 24.8 Å². The number of benzene rings is 2. The van der Waals surface area contributed by atoms with Crippen LogP contribution in [0.15, 0.2) is 75.8 Å². The molecular weight excluding hydrogens is 604 g/mol. The Balaban J connectivity index is 1.32. The number of sulfonamides is 1. The SMILES string of the molecule is COC(=O)[C@H](CNC(=O)CC1CC(c2ccc(/C(N)=N\C(=O)OC(C)(C)C)cc2)=NO1)NS(=O)(=O)c1cccc2cccnc12. The molecule has 2 aromatic carbocycles. The molecule has 1 aliphatic rings. The quantitative estimate of drug-likeness (QED) is 0.168. The molecule has 14 nitrogen and oxygen atoms in total. The lowest BCUT2D eigenvalue weighted by Crippen LogP contribution is -2.49. The molecule has 1 aromatic heterocycles. The molecule has 1 unspecified atom stereocenters. The zero-order valence-corrected chi connectivity index (χ0v) is 26.0. The number of hydrogen-bond acceptors (Lipinski definition) is 10. The fourth-order valence-corrected chi connectivity index (χ4v) is 5.71. The molecule has 0 bridgehead atoms. The Morgan fingerprint density at radius 1 is 1.11 bits per heavy atom. The van der Waals surface area contributed by atoms with E-state index in [0.717, 1.165) is 12.7 Å². The van der Waals surface area contributed by atoms with Gasteiger partial charge in [-0.2, -0.15) is 9.71 Å². The average Bonchev–Trinajstić information content (AvgIpc) is 3.45. The van der Waals surface area contributed by atoms with Gasteiger partial charge in [0.1, 0.15) is 28.5 Å². The van der Waals surface area contributed by atoms with Gasteiger partial charge in [-0.3, -0.25) is 14.6 Å². The number of aromatic nitrogens is 1. The van der Waals surface area contributed by atoms with Gasteiger partial charge in [-0.15, -0.1) is 0 Å². The molecule has 45 heavy (non-hydrogen) atoms. The van der Waals surface area contributed by atoms with Crippen molar-refractivity contribution in [3.63, 3.8) is 0 Å². The van der Waals surface area contributed by atoms with Crippen molar-refractivity contribution in [3.8, 4) is 0 Å². The predicted octanol–water partition coefficient (Wildman–Crippen LogP) is 2.39. The summed E-state index contributed by atoms with van der Waals surface area (Å²) in [6.07, 6.45) is 0.294. The maximum Gasteiger partial charge on any atom is 0.436 e. The van der Waals surface area contributed by atoms with Gasteiger partial charge in [0.25, 0.3) is 0 Å². The fraction of sp³-hybridized carbons (Fsp3) is 0.333. The van der Waals surface area contributed by atoms with Crippen LogP contribution in [0.1, 0.15) is 44.7 Å². The number of fused-ring (bicyclic) bond motifs is 1. The van der Waals surface area contributed by atoms with Gasteiger partial charge in [-0.25, -0.2) is 13.2 Å². The molecule has 3 aromatic rings. The van der Waals surface area contributed by atoms with Crippen LogP contribution in [0.25, 0.3) is 10.9 Å². The summed E-state index contributed by atoms with van der Waals surface area (Å²) >= 11 is 0. The van der Waals surface area contributed by atoms with Gasteiger partial charge in [0, 0.05) is 30.1 Å². The lowest BCUT2D eigenvalue weighted by Gasteiger charge is -2.18. The van der Waals surface area contributed by atoms with Gasteiger partial charge >= 0.3 is 12.1 Å². The van der Waals surface area contributed by atoms with E-state index in [1.807, 2.05) is 0 Å². The van der Waals surface area contributed by atoms with E-state index < -0.39 is 45.7 Å². The number of amides is 2. The van der Waals surface area contributed by atoms with Crippen LogP contribution < -0.4 is 15.8 Å². The zero-order valence-electron chi connectivity index (χ0n) is 25.1. The number of carbonyl (C=O) groups is 3. The number of methoxy groups -OCH3 is 1.